The van der Waals surface area contributed by atoms with E-state index in [0.717, 1.165) is 25.9 Å². The number of hydrazine groups is 1. The normalized spacial score (nSPS) is 31.1. The molecule has 0 aromatic rings. The van der Waals surface area contributed by atoms with E-state index < -0.39 is 0 Å². The summed E-state index contributed by atoms with van der Waals surface area (Å²) >= 11 is 0. The Morgan fingerprint density at radius 1 is 1.64 bits per heavy atom. The summed E-state index contributed by atoms with van der Waals surface area (Å²) in [7, 11) is 1.86. The molecule has 11 heavy (non-hydrogen) atoms. The molecule has 4 N–H and O–H groups in total. The van der Waals surface area contributed by atoms with E-state index in [9.17, 15) is 0 Å². The van der Waals surface area contributed by atoms with Gasteiger partial charge in [-0.2, -0.15) is 0 Å². The summed E-state index contributed by atoms with van der Waals surface area (Å²) in [6, 6.07) is 0.492. The maximum atomic E-state index is 9.16. The van der Waals surface area contributed by atoms with Crippen molar-refractivity contribution >= 4 is 0 Å². The van der Waals surface area contributed by atoms with Gasteiger partial charge in [-0.1, -0.05) is 0 Å². The zero-order chi connectivity index (χ0) is 8.10. The summed E-state index contributed by atoms with van der Waals surface area (Å²) in [6.07, 6.45) is 1.83. The zero-order valence-electron chi connectivity index (χ0n) is 6.93. The highest BCUT2D eigenvalue weighted by molar-refractivity contribution is 4.80. The SMILES string of the molecule is CNNCCC1CC(O)CN1. The molecule has 0 spiro atoms. The minimum atomic E-state index is -0.130. The summed E-state index contributed by atoms with van der Waals surface area (Å²) < 4.78 is 0. The maximum Gasteiger partial charge on any atom is 0.0679 e. The van der Waals surface area contributed by atoms with Crippen LogP contribution in [0.2, 0.25) is 0 Å². The number of hydrogen-bond donors (Lipinski definition) is 4. The van der Waals surface area contributed by atoms with Gasteiger partial charge in [-0.3, -0.25) is 10.9 Å². The van der Waals surface area contributed by atoms with Gasteiger partial charge in [0.05, 0.1) is 6.10 Å². The fourth-order valence-corrected chi connectivity index (χ4v) is 1.39. The molecule has 1 saturated heterocycles. The van der Waals surface area contributed by atoms with Crippen LogP contribution in [0.25, 0.3) is 0 Å². The highest BCUT2D eigenvalue weighted by atomic mass is 16.3. The van der Waals surface area contributed by atoms with Crippen LogP contribution < -0.4 is 16.2 Å². The Morgan fingerprint density at radius 2 is 2.45 bits per heavy atom. The molecular formula is C7H17N3O. The summed E-state index contributed by atoms with van der Waals surface area (Å²) in [4.78, 5) is 0. The van der Waals surface area contributed by atoms with Crippen LogP contribution in [0, 0.1) is 0 Å². The van der Waals surface area contributed by atoms with Crippen LogP contribution in [0.5, 0.6) is 0 Å². The minimum absolute atomic E-state index is 0.130. The number of nitrogens with one attached hydrogen (secondary N) is 3. The Balaban J connectivity index is 1.99. The zero-order valence-corrected chi connectivity index (χ0v) is 6.93. The summed E-state index contributed by atoms with van der Waals surface area (Å²) in [5.41, 5.74) is 5.88. The van der Waals surface area contributed by atoms with Crippen LogP contribution in [0.1, 0.15) is 12.8 Å². The first-order valence-corrected chi connectivity index (χ1v) is 4.14. The molecule has 0 aliphatic carbocycles. The van der Waals surface area contributed by atoms with Crippen molar-refractivity contribution in [2.45, 2.75) is 25.0 Å². The molecule has 0 radical (unpaired) electrons. The van der Waals surface area contributed by atoms with Crippen molar-refractivity contribution in [3.63, 3.8) is 0 Å². The van der Waals surface area contributed by atoms with Crippen molar-refractivity contribution in [3.05, 3.63) is 0 Å². The Kier molecular flexibility index (Phi) is 3.79. The van der Waals surface area contributed by atoms with Crippen LogP contribution in [0.3, 0.4) is 0 Å². The van der Waals surface area contributed by atoms with Gasteiger partial charge in [-0.25, -0.2) is 0 Å². The first-order chi connectivity index (χ1) is 5.33. The third-order valence-electron chi connectivity index (χ3n) is 1.99. The summed E-state index contributed by atoms with van der Waals surface area (Å²) in [5.74, 6) is 0. The number of aliphatic hydroxyl groups excluding tert-OH is 1. The van der Waals surface area contributed by atoms with E-state index in [4.69, 9.17) is 5.11 Å². The van der Waals surface area contributed by atoms with Gasteiger partial charge < -0.3 is 10.4 Å². The molecule has 0 aromatic heterocycles. The average molecular weight is 159 g/mol. The molecule has 4 nitrogen and oxygen atoms in total. The molecule has 1 heterocycles. The lowest BCUT2D eigenvalue weighted by atomic mass is 10.1. The molecule has 2 atom stereocenters. The van der Waals surface area contributed by atoms with E-state index in [0.29, 0.717) is 6.04 Å². The molecule has 0 bridgehead atoms. The quantitative estimate of drug-likeness (QED) is 0.308. The molecule has 0 saturated carbocycles. The number of hydrogen-bond acceptors (Lipinski definition) is 4. The highest BCUT2D eigenvalue weighted by Crippen LogP contribution is 2.08. The highest BCUT2D eigenvalue weighted by Gasteiger charge is 2.20. The summed E-state index contributed by atoms with van der Waals surface area (Å²) in [6.45, 7) is 1.70. The van der Waals surface area contributed by atoms with Gasteiger partial charge in [0.25, 0.3) is 0 Å². The van der Waals surface area contributed by atoms with E-state index in [1.165, 1.54) is 0 Å². The van der Waals surface area contributed by atoms with Gasteiger partial charge in [0.1, 0.15) is 0 Å². The van der Waals surface area contributed by atoms with Gasteiger partial charge in [-0.15, -0.1) is 0 Å². The van der Waals surface area contributed by atoms with Gasteiger partial charge in [0, 0.05) is 19.1 Å². The molecule has 1 fully saturated rings. The predicted octanol–water partition coefficient (Wildman–Crippen LogP) is -1.18. The average Bonchev–Trinajstić information content (AvgIpc) is 2.37. The monoisotopic (exact) mass is 159 g/mol. The van der Waals surface area contributed by atoms with E-state index in [2.05, 4.69) is 16.2 Å². The second-order valence-electron chi connectivity index (χ2n) is 2.96. The number of aliphatic hydroxyl groups is 1. The minimum Gasteiger partial charge on any atom is -0.392 e. The molecule has 1 aliphatic rings. The molecule has 1 rings (SSSR count). The molecule has 1 aliphatic heterocycles. The van der Waals surface area contributed by atoms with Crippen molar-refractivity contribution in [1.82, 2.24) is 16.2 Å². The van der Waals surface area contributed by atoms with E-state index in [-0.39, 0.29) is 6.10 Å². The molecule has 2 unspecified atom stereocenters. The maximum absolute atomic E-state index is 9.16. The van der Waals surface area contributed by atoms with Crippen LogP contribution >= 0.6 is 0 Å². The Bertz CT molecular complexity index is 110. The topological polar surface area (TPSA) is 56.3 Å². The van der Waals surface area contributed by atoms with Gasteiger partial charge in [0.15, 0.2) is 0 Å². The van der Waals surface area contributed by atoms with Crippen molar-refractivity contribution in [3.8, 4) is 0 Å². The standard InChI is InChI=1S/C7H17N3O/c1-8-10-3-2-6-4-7(11)5-9-6/h6-11H,2-5H2,1H3. The van der Waals surface area contributed by atoms with Crippen LogP contribution in [0.15, 0.2) is 0 Å². The Labute approximate surface area is 67.3 Å². The third-order valence-corrected chi connectivity index (χ3v) is 1.99. The lowest BCUT2D eigenvalue weighted by Gasteiger charge is -2.09. The molecule has 4 heteroatoms. The fraction of sp³-hybridized carbons (Fsp3) is 1.00. The van der Waals surface area contributed by atoms with Crippen molar-refractivity contribution in [1.29, 1.82) is 0 Å². The lowest BCUT2D eigenvalue weighted by Crippen LogP contribution is -2.33. The van der Waals surface area contributed by atoms with E-state index in [1.807, 2.05) is 7.05 Å². The second-order valence-corrected chi connectivity index (χ2v) is 2.96. The Morgan fingerprint density at radius 3 is 3.00 bits per heavy atom. The van der Waals surface area contributed by atoms with Crippen LogP contribution in [-0.2, 0) is 0 Å². The van der Waals surface area contributed by atoms with E-state index in [1.54, 1.807) is 0 Å². The largest absolute Gasteiger partial charge is 0.392 e. The molecule has 0 amide bonds. The first kappa shape index (κ1) is 8.93. The van der Waals surface area contributed by atoms with Crippen LogP contribution in [-0.4, -0.2) is 37.4 Å². The third kappa shape index (κ3) is 3.16. The predicted molar refractivity (Wildman–Crippen MR) is 44.1 cm³/mol. The van der Waals surface area contributed by atoms with Crippen molar-refractivity contribution in [2.24, 2.45) is 0 Å². The smallest absolute Gasteiger partial charge is 0.0679 e. The van der Waals surface area contributed by atoms with Crippen LogP contribution in [0.4, 0.5) is 0 Å². The summed E-state index contributed by atoms with van der Waals surface area (Å²) in [5, 5.41) is 12.4. The number of β-amino-alcohol motifs (C(OH)–C–C–N with tert-alkyl or cyclic N) is 1. The van der Waals surface area contributed by atoms with Crippen molar-refractivity contribution < 1.29 is 5.11 Å². The Hall–Kier alpha value is -0.160. The fourth-order valence-electron chi connectivity index (χ4n) is 1.39. The lowest BCUT2D eigenvalue weighted by molar-refractivity contribution is 0.192. The molecule has 0 aromatic carbocycles. The molecule has 66 valence electrons. The number of rotatable bonds is 4. The van der Waals surface area contributed by atoms with Crippen molar-refractivity contribution in [2.75, 3.05) is 20.1 Å². The van der Waals surface area contributed by atoms with E-state index >= 15 is 0 Å². The van der Waals surface area contributed by atoms with Gasteiger partial charge >= 0.3 is 0 Å². The first-order valence-electron chi connectivity index (χ1n) is 4.14. The van der Waals surface area contributed by atoms with Gasteiger partial charge in [-0.05, 0) is 19.9 Å². The van der Waals surface area contributed by atoms with Gasteiger partial charge in [0.2, 0.25) is 0 Å². The second kappa shape index (κ2) is 4.66. The molecular weight excluding hydrogens is 142 g/mol.